The Balaban J connectivity index is 1.42. The third kappa shape index (κ3) is 4.89. The number of nitrogens with zero attached hydrogens (tertiary/aromatic N) is 1. The average Bonchev–Trinajstić information content (AvgIpc) is 3.30. The van der Waals surface area contributed by atoms with Gasteiger partial charge in [-0.25, -0.2) is 8.42 Å². The summed E-state index contributed by atoms with van der Waals surface area (Å²) in [5, 5.41) is 5.48. The minimum atomic E-state index is -3.91. The number of sulfonamides is 1. The van der Waals surface area contributed by atoms with Crippen LogP contribution in [0.3, 0.4) is 0 Å². The van der Waals surface area contributed by atoms with Gasteiger partial charge in [0.1, 0.15) is 6.26 Å². The van der Waals surface area contributed by atoms with Gasteiger partial charge in [-0.05, 0) is 50.2 Å². The Morgan fingerprint density at radius 1 is 1.24 bits per heavy atom. The molecule has 1 aromatic carbocycles. The summed E-state index contributed by atoms with van der Waals surface area (Å²) < 4.78 is 33.7. The van der Waals surface area contributed by atoms with Crippen LogP contribution >= 0.6 is 0 Å². The lowest BCUT2D eigenvalue weighted by atomic mass is 9.70. The second kappa shape index (κ2) is 9.52. The fraction of sp³-hybridized carbons (Fsp3) is 0.417. The highest BCUT2D eigenvalue weighted by atomic mass is 32.2. The van der Waals surface area contributed by atoms with Gasteiger partial charge >= 0.3 is 0 Å². The van der Waals surface area contributed by atoms with E-state index in [-0.39, 0.29) is 35.1 Å². The third-order valence-corrected chi connectivity index (χ3v) is 8.45. The molecular formula is C24H29N3O5S. The number of amides is 2. The highest BCUT2D eigenvalue weighted by molar-refractivity contribution is 7.89. The molecule has 0 radical (unpaired) electrons. The Morgan fingerprint density at radius 3 is 2.67 bits per heavy atom. The molecule has 1 aliphatic carbocycles. The Labute approximate surface area is 194 Å². The van der Waals surface area contributed by atoms with Crippen LogP contribution in [0.1, 0.15) is 48.0 Å². The molecule has 2 N–H and O–H groups in total. The Morgan fingerprint density at radius 2 is 2.00 bits per heavy atom. The lowest BCUT2D eigenvalue weighted by molar-refractivity contribution is -0.117. The number of piperidine rings is 1. The third-order valence-electron chi connectivity index (χ3n) is 6.58. The number of hydrogen-bond donors (Lipinski definition) is 2. The van der Waals surface area contributed by atoms with E-state index in [2.05, 4.69) is 17.2 Å². The van der Waals surface area contributed by atoms with E-state index >= 15 is 0 Å². The van der Waals surface area contributed by atoms with E-state index in [1.54, 1.807) is 0 Å². The van der Waals surface area contributed by atoms with E-state index in [0.717, 1.165) is 24.8 Å². The normalized spacial score (nSPS) is 20.1. The first-order valence-corrected chi connectivity index (χ1v) is 12.6. The largest absolute Gasteiger partial charge is 0.451 e. The molecule has 1 spiro atoms. The van der Waals surface area contributed by atoms with Gasteiger partial charge in [-0.3, -0.25) is 9.59 Å². The molecular weight excluding hydrogens is 442 g/mol. The first kappa shape index (κ1) is 23.3. The Kier molecular flexibility index (Phi) is 6.71. The lowest BCUT2D eigenvalue weighted by Gasteiger charge is -2.53. The van der Waals surface area contributed by atoms with Crippen molar-refractivity contribution >= 4 is 21.8 Å². The molecule has 1 saturated carbocycles. The van der Waals surface area contributed by atoms with Gasteiger partial charge in [0.2, 0.25) is 11.0 Å². The monoisotopic (exact) mass is 471 g/mol. The van der Waals surface area contributed by atoms with Crippen molar-refractivity contribution in [3.63, 3.8) is 0 Å². The van der Waals surface area contributed by atoms with E-state index in [0.29, 0.717) is 25.8 Å². The first-order chi connectivity index (χ1) is 15.8. The van der Waals surface area contributed by atoms with Crippen LogP contribution in [0, 0.1) is 0 Å². The minimum absolute atomic E-state index is 0.0928. The van der Waals surface area contributed by atoms with Crippen LogP contribution in [-0.4, -0.2) is 49.2 Å². The zero-order valence-electron chi connectivity index (χ0n) is 18.5. The van der Waals surface area contributed by atoms with E-state index in [1.165, 1.54) is 22.7 Å². The van der Waals surface area contributed by atoms with Crippen LogP contribution in [0.25, 0.3) is 0 Å². The highest BCUT2D eigenvalue weighted by Crippen LogP contribution is 2.47. The van der Waals surface area contributed by atoms with E-state index in [1.807, 2.05) is 30.3 Å². The van der Waals surface area contributed by atoms with Gasteiger partial charge in [-0.15, -0.1) is 0 Å². The molecule has 1 aromatic heterocycles. The molecule has 1 atom stereocenters. The van der Waals surface area contributed by atoms with Crippen molar-refractivity contribution in [2.75, 3.05) is 13.1 Å². The van der Waals surface area contributed by atoms with Gasteiger partial charge in [0.05, 0.1) is 5.56 Å². The van der Waals surface area contributed by atoms with Gasteiger partial charge in [0, 0.05) is 30.7 Å². The summed E-state index contributed by atoms with van der Waals surface area (Å²) in [6.45, 7) is 4.19. The standard InChI is InChI=1S/C24H29N3O5S/c1-2-21(28)26-20-10-14-27(24(16-20)11-6-12-24)33(30,31)22-15-19(17-32-22)23(29)25-13-9-18-7-4-3-5-8-18/h2-5,7-8,15,17,20H,1,6,9-14,16H2,(H,25,29)(H,26,28). The molecule has 33 heavy (non-hydrogen) atoms. The van der Waals surface area contributed by atoms with Crippen LogP contribution in [0.4, 0.5) is 0 Å². The molecule has 4 rings (SSSR count). The molecule has 8 nitrogen and oxygen atoms in total. The number of carbonyl (C=O) groups excluding carboxylic acids is 2. The smallest absolute Gasteiger partial charge is 0.276 e. The molecule has 2 heterocycles. The second-order valence-corrected chi connectivity index (χ2v) is 10.5. The maximum Gasteiger partial charge on any atom is 0.276 e. The van der Waals surface area contributed by atoms with Crippen LogP contribution in [0.2, 0.25) is 0 Å². The van der Waals surface area contributed by atoms with Gasteiger partial charge in [0.15, 0.2) is 0 Å². The van der Waals surface area contributed by atoms with Gasteiger partial charge in [0.25, 0.3) is 15.9 Å². The molecule has 176 valence electrons. The SMILES string of the molecule is C=CC(=O)NC1CCN(S(=O)(=O)c2cc(C(=O)NCCc3ccccc3)co2)C2(CCC2)C1. The average molecular weight is 472 g/mol. The second-order valence-electron chi connectivity index (χ2n) is 8.70. The summed E-state index contributed by atoms with van der Waals surface area (Å²) in [6.07, 6.45) is 6.56. The topological polar surface area (TPSA) is 109 Å². The molecule has 0 bridgehead atoms. The summed E-state index contributed by atoms with van der Waals surface area (Å²) in [7, 11) is -3.91. The fourth-order valence-corrected chi connectivity index (χ4v) is 6.49. The van der Waals surface area contributed by atoms with Gasteiger partial charge in [-0.2, -0.15) is 4.31 Å². The molecule has 1 aliphatic heterocycles. The highest BCUT2D eigenvalue weighted by Gasteiger charge is 2.52. The van der Waals surface area contributed by atoms with Crippen molar-refractivity contribution in [1.29, 1.82) is 0 Å². The van der Waals surface area contributed by atoms with Crippen LogP contribution in [-0.2, 0) is 21.2 Å². The number of hydrogen-bond acceptors (Lipinski definition) is 5. The first-order valence-electron chi connectivity index (χ1n) is 11.2. The predicted octanol–water partition coefficient (Wildman–Crippen LogP) is 2.63. The Hall–Kier alpha value is -2.91. The molecule has 2 aliphatic rings. The number of rotatable bonds is 8. The van der Waals surface area contributed by atoms with Crippen LogP contribution in [0.5, 0.6) is 0 Å². The summed E-state index contributed by atoms with van der Waals surface area (Å²) in [5.41, 5.74) is 0.755. The maximum atomic E-state index is 13.4. The van der Waals surface area contributed by atoms with Crippen molar-refractivity contribution in [3.05, 3.63) is 66.4 Å². The summed E-state index contributed by atoms with van der Waals surface area (Å²) in [6, 6.07) is 11.0. The quantitative estimate of drug-likeness (QED) is 0.576. The summed E-state index contributed by atoms with van der Waals surface area (Å²) >= 11 is 0. The van der Waals surface area contributed by atoms with E-state index in [4.69, 9.17) is 4.42 Å². The summed E-state index contributed by atoms with van der Waals surface area (Å²) in [5.74, 6) is -0.625. The molecule has 2 fully saturated rings. The van der Waals surface area contributed by atoms with Crippen molar-refractivity contribution in [2.45, 2.75) is 55.2 Å². The number of benzene rings is 1. The fourth-order valence-electron chi connectivity index (χ4n) is 4.72. The van der Waals surface area contributed by atoms with E-state index < -0.39 is 15.6 Å². The van der Waals surface area contributed by atoms with Crippen molar-refractivity contribution in [1.82, 2.24) is 14.9 Å². The molecule has 1 saturated heterocycles. The van der Waals surface area contributed by atoms with Crippen molar-refractivity contribution < 1.29 is 22.4 Å². The van der Waals surface area contributed by atoms with Crippen LogP contribution < -0.4 is 10.6 Å². The molecule has 2 amide bonds. The minimum Gasteiger partial charge on any atom is -0.451 e. The number of furan rings is 1. The molecule has 9 heteroatoms. The van der Waals surface area contributed by atoms with Crippen molar-refractivity contribution in [3.8, 4) is 0 Å². The maximum absolute atomic E-state index is 13.4. The van der Waals surface area contributed by atoms with Gasteiger partial charge in [-0.1, -0.05) is 36.9 Å². The van der Waals surface area contributed by atoms with Crippen LogP contribution in [0.15, 0.2) is 64.8 Å². The van der Waals surface area contributed by atoms with Crippen molar-refractivity contribution in [2.24, 2.45) is 0 Å². The zero-order valence-corrected chi connectivity index (χ0v) is 19.3. The molecule has 2 aromatic rings. The van der Waals surface area contributed by atoms with E-state index in [9.17, 15) is 18.0 Å². The number of carbonyl (C=O) groups is 2. The summed E-state index contributed by atoms with van der Waals surface area (Å²) in [4.78, 5) is 24.2. The number of nitrogens with one attached hydrogen (secondary N) is 2. The lowest BCUT2D eigenvalue weighted by Crippen LogP contribution is -2.63. The molecule has 1 unspecified atom stereocenters. The zero-order chi connectivity index (χ0) is 23.5. The predicted molar refractivity (Wildman–Crippen MR) is 123 cm³/mol. The van der Waals surface area contributed by atoms with Gasteiger partial charge < -0.3 is 15.1 Å². The Bertz CT molecular complexity index is 1120.